The van der Waals surface area contributed by atoms with Gasteiger partial charge in [-0.3, -0.25) is 4.68 Å². The molecule has 2 rings (SSSR count). The lowest BCUT2D eigenvalue weighted by molar-refractivity contribution is 0.637. The second-order valence-electron chi connectivity index (χ2n) is 3.36. The molecule has 2 aromatic rings. The van der Waals surface area contributed by atoms with Gasteiger partial charge in [0.2, 0.25) is 0 Å². The van der Waals surface area contributed by atoms with Gasteiger partial charge in [0.15, 0.2) is 5.13 Å². The van der Waals surface area contributed by atoms with E-state index in [-0.39, 0.29) is 0 Å². The standard InChI is InChI=1S/C10H14N4S/c1-8-9(2)15-10(13-8)11-5-7-14-6-3-4-12-14/h3-4,6H,5,7H2,1-2H3,(H,11,13). The molecule has 4 nitrogen and oxygen atoms in total. The summed E-state index contributed by atoms with van der Waals surface area (Å²) in [5, 5.41) is 8.42. The summed E-state index contributed by atoms with van der Waals surface area (Å²) in [6.45, 7) is 5.84. The van der Waals surface area contributed by atoms with E-state index in [1.165, 1.54) is 4.88 Å². The second kappa shape index (κ2) is 4.44. The van der Waals surface area contributed by atoms with Crippen molar-refractivity contribution in [3.8, 4) is 0 Å². The fourth-order valence-corrected chi connectivity index (χ4v) is 2.10. The van der Waals surface area contributed by atoms with E-state index >= 15 is 0 Å². The summed E-state index contributed by atoms with van der Waals surface area (Å²) in [6.07, 6.45) is 3.75. The highest BCUT2D eigenvalue weighted by atomic mass is 32.1. The summed E-state index contributed by atoms with van der Waals surface area (Å²) < 4.78 is 1.90. The number of rotatable bonds is 4. The van der Waals surface area contributed by atoms with Crippen molar-refractivity contribution in [1.82, 2.24) is 14.8 Å². The normalized spacial score (nSPS) is 10.5. The van der Waals surface area contributed by atoms with Crippen LogP contribution in [0.3, 0.4) is 0 Å². The zero-order valence-corrected chi connectivity index (χ0v) is 9.71. The summed E-state index contributed by atoms with van der Waals surface area (Å²) in [7, 11) is 0. The van der Waals surface area contributed by atoms with E-state index in [9.17, 15) is 0 Å². The van der Waals surface area contributed by atoms with E-state index in [1.54, 1.807) is 17.5 Å². The smallest absolute Gasteiger partial charge is 0.183 e. The molecule has 0 saturated heterocycles. The number of anilines is 1. The fourth-order valence-electron chi connectivity index (χ4n) is 1.26. The van der Waals surface area contributed by atoms with Gasteiger partial charge in [-0.15, -0.1) is 11.3 Å². The summed E-state index contributed by atoms with van der Waals surface area (Å²) in [5.74, 6) is 0. The van der Waals surface area contributed by atoms with Crippen molar-refractivity contribution in [2.75, 3.05) is 11.9 Å². The van der Waals surface area contributed by atoms with E-state index in [0.717, 1.165) is 23.9 Å². The fraction of sp³-hybridized carbons (Fsp3) is 0.400. The zero-order valence-electron chi connectivity index (χ0n) is 8.90. The summed E-state index contributed by atoms with van der Waals surface area (Å²) >= 11 is 1.70. The molecular formula is C10H14N4S. The highest BCUT2D eigenvalue weighted by Crippen LogP contribution is 2.20. The predicted molar refractivity (Wildman–Crippen MR) is 62.3 cm³/mol. The number of nitrogens with one attached hydrogen (secondary N) is 1. The Balaban J connectivity index is 1.83. The Morgan fingerprint density at radius 3 is 2.93 bits per heavy atom. The topological polar surface area (TPSA) is 42.7 Å². The molecule has 0 unspecified atom stereocenters. The molecule has 1 N–H and O–H groups in total. The third kappa shape index (κ3) is 2.56. The van der Waals surface area contributed by atoms with Crippen molar-refractivity contribution in [3.05, 3.63) is 29.0 Å². The molecule has 0 saturated carbocycles. The molecule has 5 heteroatoms. The Morgan fingerprint density at radius 1 is 1.47 bits per heavy atom. The zero-order chi connectivity index (χ0) is 10.7. The third-order valence-corrected chi connectivity index (χ3v) is 3.24. The summed E-state index contributed by atoms with van der Waals surface area (Å²) in [6, 6.07) is 1.93. The molecule has 0 radical (unpaired) electrons. The van der Waals surface area contributed by atoms with E-state index in [0.29, 0.717) is 0 Å². The van der Waals surface area contributed by atoms with Crippen LogP contribution in [0.25, 0.3) is 0 Å². The van der Waals surface area contributed by atoms with E-state index in [2.05, 4.69) is 22.3 Å². The maximum atomic E-state index is 4.41. The van der Waals surface area contributed by atoms with Gasteiger partial charge in [-0.1, -0.05) is 0 Å². The number of thiazole rings is 1. The third-order valence-electron chi connectivity index (χ3n) is 2.20. The maximum Gasteiger partial charge on any atom is 0.183 e. The molecule has 0 fully saturated rings. The lowest BCUT2D eigenvalue weighted by Crippen LogP contribution is -2.10. The van der Waals surface area contributed by atoms with Crippen LogP contribution in [-0.4, -0.2) is 21.3 Å². The minimum Gasteiger partial charge on any atom is -0.360 e. The number of aryl methyl sites for hydroxylation is 2. The van der Waals surface area contributed by atoms with Crippen LogP contribution in [0.2, 0.25) is 0 Å². The van der Waals surface area contributed by atoms with Crippen LogP contribution in [0.5, 0.6) is 0 Å². The van der Waals surface area contributed by atoms with Gasteiger partial charge in [0.25, 0.3) is 0 Å². The molecule has 15 heavy (non-hydrogen) atoms. The number of nitrogens with zero attached hydrogens (tertiary/aromatic N) is 3. The van der Waals surface area contributed by atoms with Gasteiger partial charge in [-0.2, -0.15) is 5.10 Å². The molecule has 0 amide bonds. The molecule has 2 aromatic heterocycles. The molecular weight excluding hydrogens is 208 g/mol. The Bertz CT molecular complexity index is 399. The molecule has 0 spiro atoms. The van der Waals surface area contributed by atoms with Crippen LogP contribution in [0.4, 0.5) is 5.13 Å². The van der Waals surface area contributed by atoms with Crippen molar-refractivity contribution in [3.63, 3.8) is 0 Å². The van der Waals surface area contributed by atoms with Crippen LogP contribution >= 0.6 is 11.3 Å². The number of hydrogen-bond acceptors (Lipinski definition) is 4. The minimum absolute atomic E-state index is 0.855. The van der Waals surface area contributed by atoms with Gasteiger partial charge < -0.3 is 5.32 Å². The second-order valence-corrected chi connectivity index (χ2v) is 4.56. The van der Waals surface area contributed by atoms with Crippen molar-refractivity contribution < 1.29 is 0 Å². The first kappa shape index (κ1) is 10.2. The minimum atomic E-state index is 0.855. The summed E-state index contributed by atoms with van der Waals surface area (Å²) in [4.78, 5) is 5.68. The monoisotopic (exact) mass is 222 g/mol. The number of hydrogen-bond donors (Lipinski definition) is 1. The van der Waals surface area contributed by atoms with Crippen molar-refractivity contribution in [2.24, 2.45) is 0 Å². The molecule has 2 heterocycles. The van der Waals surface area contributed by atoms with Crippen LogP contribution in [0.15, 0.2) is 18.5 Å². The molecule has 0 atom stereocenters. The number of aromatic nitrogens is 3. The SMILES string of the molecule is Cc1nc(NCCn2cccn2)sc1C. The first-order valence-electron chi connectivity index (χ1n) is 4.91. The van der Waals surface area contributed by atoms with Gasteiger partial charge >= 0.3 is 0 Å². The highest BCUT2D eigenvalue weighted by molar-refractivity contribution is 7.15. The lowest BCUT2D eigenvalue weighted by atomic mass is 10.4. The van der Waals surface area contributed by atoms with Crippen LogP contribution in [-0.2, 0) is 6.54 Å². The van der Waals surface area contributed by atoms with Crippen LogP contribution < -0.4 is 5.32 Å². The molecule has 0 aliphatic carbocycles. The van der Waals surface area contributed by atoms with Crippen molar-refractivity contribution in [1.29, 1.82) is 0 Å². The van der Waals surface area contributed by atoms with Gasteiger partial charge in [-0.25, -0.2) is 4.98 Å². The average Bonchev–Trinajstić information content (AvgIpc) is 2.79. The quantitative estimate of drug-likeness (QED) is 0.861. The molecule has 0 aromatic carbocycles. The van der Waals surface area contributed by atoms with Gasteiger partial charge in [0, 0.05) is 23.8 Å². The molecule has 0 bridgehead atoms. The van der Waals surface area contributed by atoms with E-state index in [1.807, 2.05) is 23.9 Å². The van der Waals surface area contributed by atoms with Crippen LogP contribution in [0, 0.1) is 13.8 Å². The Hall–Kier alpha value is -1.36. The van der Waals surface area contributed by atoms with Crippen molar-refractivity contribution >= 4 is 16.5 Å². The van der Waals surface area contributed by atoms with E-state index < -0.39 is 0 Å². The summed E-state index contributed by atoms with van der Waals surface area (Å²) in [5.41, 5.74) is 1.11. The van der Waals surface area contributed by atoms with Crippen LogP contribution in [0.1, 0.15) is 10.6 Å². The first-order valence-corrected chi connectivity index (χ1v) is 5.72. The molecule has 80 valence electrons. The molecule has 0 aliphatic heterocycles. The highest BCUT2D eigenvalue weighted by Gasteiger charge is 2.01. The van der Waals surface area contributed by atoms with E-state index in [4.69, 9.17) is 0 Å². The average molecular weight is 222 g/mol. The van der Waals surface area contributed by atoms with Gasteiger partial charge in [0.05, 0.1) is 12.2 Å². The largest absolute Gasteiger partial charge is 0.360 e. The van der Waals surface area contributed by atoms with Gasteiger partial charge in [-0.05, 0) is 19.9 Å². The maximum absolute atomic E-state index is 4.41. The Kier molecular flexibility index (Phi) is 3.01. The predicted octanol–water partition coefficient (Wildman–Crippen LogP) is 2.07. The van der Waals surface area contributed by atoms with Crippen molar-refractivity contribution in [2.45, 2.75) is 20.4 Å². The Morgan fingerprint density at radius 2 is 2.33 bits per heavy atom. The first-order chi connectivity index (χ1) is 7.25. The van der Waals surface area contributed by atoms with Gasteiger partial charge in [0.1, 0.15) is 0 Å². The molecule has 0 aliphatic rings. The Labute approximate surface area is 93.0 Å². The lowest BCUT2D eigenvalue weighted by Gasteiger charge is -2.02.